The molecule has 5 heteroatoms. The summed E-state index contributed by atoms with van der Waals surface area (Å²) in [4.78, 5) is 15.5. The van der Waals surface area contributed by atoms with E-state index >= 15 is 0 Å². The summed E-state index contributed by atoms with van der Waals surface area (Å²) in [5.74, 6) is 1.06. The predicted octanol–water partition coefficient (Wildman–Crippen LogP) is 3.30. The summed E-state index contributed by atoms with van der Waals surface area (Å²) in [5, 5.41) is 2.53. The maximum Gasteiger partial charge on any atom is 0.269 e. The average Bonchev–Trinajstić information content (AvgIpc) is 2.42. The summed E-state index contributed by atoms with van der Waals surface area (Å²) in [6, 6.07) is 9.02. The molecule has 0 saturated heterocycles. The van der Waals surface area contributed by atoms with Gasteiger partial charge in [-0.15, -0.1) is 0 Å². The van der Waals surface area contributed by atoms with Crippen LogP contribution in [0.5, 0.6) is 11.5 Å². The Morgan fingerprint density at radius 2 is 2.00 bits per heavy atom. The highest BCUT2D eigenvalue weighted by Gasteiger charge is 2.07. The van der Waals surface area contributed by atoms with E-state index in [9.17, 15) is 4.79 Å². The van der Waals surface area contributed by atoms with E-state index in [1.54, 1.807) is 25.4 Å². The molecule has 1 aromatic carbocycles. The Balaban J connectivity index is 2.23. The highest BCUT2D eigenvalue weighted by molar-refractivity contribution is 9.10. The topological polar surface area (TPSA) is 51.2 Å². The van der Waals surface area contributed by atoms with Crippen molar-refractivity contribution in [1.82, 2.24) is 10.3 Å². The number of carbonyl (C=O) groups excluding carboxylic acids is 1. The van der Waals surface area contributed by atoms with Gasteiger partial charge in [-0.05, 0) is 36.8 Å². The number of ether oxygens (including phenoxy) is 1. The molecule has 19 heavy (non-hydrogen) atoms. The van der Waals surface area contributed by atoms with E-state index in [1.165, 1.54) is 0 Å². The maximum absolute atomic E-state index is 11.5. The summed E-state index contributed by atoms with van der Waals surface area (Å²) >= 11 is 3.44. The number of rotatable bonds is 3. The largest absolute Gasteiger partial charge is 0.457 e. The lowest BCUT2D eigenvalue weighted by molar-refractivity contribution is 0.0958. The second kappa shape index (κ2) is 5.84. The Morgan fingerprint density at radius 1 is 1.26 bits per heavy atom. The first-order valence-electron chi connectivity index (χ1n) is 5.72. The van der Waals surface area contributed by atoms with Crippen LogP contribution in [0, 0.1) is 6.92 Å². The first kappa shape index (κ1) is 13.5. The molecule has 1 N–H and O–H groups in total. The first-order valence-corrected chi connectivity index (χ1v) is 6.51. The van der Waals surface area contributed by atoms with Gasteiger partial charge in [0.05, 0.1) is 0 Å². The molecule has 0 aliphatic heterocycles. The number of hydrogen-bond acceptors (Lipinski definition) is 3. The van der Waals surface area contributed by atoms with Crippen LogP contribution in [0.1, 0.15) is 16.1 Å². The van der Waals surface area contributed by atoms with Crippen molar-refractivity contribution in [1.29, 1.82) is 0 Å². The Bertz CT molecular complexity index is 614. The van der Waals surface area contributed by atoms with Crippen LogP contribution in [0.2, 0.25) is 0 Å². The Morgan fingerprint density at radius 3 is 2.68 bits per heavy atom. The van der Waals surface area contributed by atoms with Gasteiger partial charge in [0, 0.05) is 23.8 Å². The zero-order valence-electron chi connectivity index (χ0n) is 10.6. The van der Waals surface area contributed by atoms with Crippen molar-refractivity contribution in [2.75, 3.05) is 7.05 Å². The Hall–Kier alpha value is -1.88. The number of hydrogen-bond donors (Lipinski definition) is 1. The van der Waals surface area contributed by atoms with Crippen LogP contribution < -0.4 is 10.1 Å². The summed E-state index contributed by atoms with van der Waals surface area (Å²) in [7, 11) is 1.57. The number of nitrogens with zero attached hydrogens (tertiary/aromatic N) is 1. The van der Waals surface area contributed by atoms with Gasteiger partial charge in [0.1, 0.15) is 17.2 Å². The van der Waals surface area contributed by atoms with E-state index in [4.69, 9.17) is 4.74 Å². The number of nitrogens with one attached hydrogen (secondary N) is 1. The van der Waals surface area contributed by atoms with E-state index < -0.39 is 0 Å². The highest BCUT2D eigenvalue weighted by atomic mass is 79.9. The van der Waals surface area contributed by atoms with Crippen molar-refractivity contribution in [3.8, 4) is 11.5 Å². The molecule has 0 spiro atoms. The molecule has 1 amide bonds. The van der Waals surface area contributed by atoms with Gasteiger partial charge in [-0.3, -0.25) is 9.78 Å². The Labute approximate surface area is 119 Å². The molecule has 0 atom stereocenters. The van der Waals surface area contributed by atoms with Crippen molar-refractivity contribution in [3.63, 3.8) is 0 Å². The van der Waals surface area contributed by atoms with Gasteiger partial charge in [0.15, 0.2) is 0 Å². The molecular weight excluding hydrogens is 308 g/mol. The molecular formula is C14H13BrN2O2. The second-order valence-electron chi connectivity index (χ2n) is 3.97. The number of amides is 1. The van der Waals surface area contributed by atoms with Gasteiger partial charge in [-0.1, -0.05) is 15.9 Å². The smallest absolute Gasteiger partial charge is 0.269 e. The van der Waals surface area contributed by atoms with E-state index in [-0.39, 0.29) is 5.91 Å². The standard InChI is InChI=1S/C14H13BrN2O2/c1-9-7-10(3-4-12(9)15)19-11-5-6-17-13(8-11)14(18)16-2/h3-8H,1-2H3,(H,16,18). The Kier molecular flexibility index (Phi) is 4.16. The third kappa shape index (κ3) is 3.32. The predicted molar refractivity (Wildman–Crippen MR) is 76.6 cm³/mol. The fourth-order valence-electron chi connectivity index (χ4n) is 1.54. The van der Waals surface area contributed by atoms with Gasteiger partial charge < -0.3 is 10.1 Å². The van der Waals surface area contributed by atoms with E-state index in [0.717, 1.165) is 15.8 Å². The monoisotopic (exact) mass is 320 g/mol. The third-order valence-electron chi connectivity index (χ3n) is 2.56. The van der Waals surface area contributed by atoms with Gasteiger partial charge in [0.2, 0.25) is 0 Å². The minimum atomic E-state index is -0.238. The van der Waals surface area contributed by atoms with E-state index in [0.29, 0.717) is 11.4 Å². The van der Waals surface area contributed by atoms with Crippen LogP contribution in [0.25, 0.3) is 0 Å². The van der Waals surface area contributed by atoms with Crippen LogP contribution >= 0.6 is 15.9 Å². The van der Waals surface area contributed by atoms with Crippen LogP contribution in [-0.2, 0) is 0 Å². The molecule has 2 aromatic rings. The van der Waals surface area contributed by atoms with Crippen LogP contribution in [-0.4, -0.2) is 17.9 Å². The molecule has 0 bridgehead atoms. The highest BCUT2D eigenvalue weighted by Crippen LogP contribution is 2.26. The molecule has 0 aliphatic carbocycles. The quantitative estimate of drug-likeness (QED) is 0.944. The summed E-state index contributed by atoms with van der Waals surface area (Å²) < 4.78 is 6.74. The fourth-order valence-corrected chi connectivity index (χ4v) is 1.79. The summed E-state index contributed by atoms with van der Waals surface area (Å²) in [6.07, 6.45) is 1.55. The lowest BCUT2D eigenvalue weighted by Crippen LogP contribution is -2.18. The fraction of sp³-hybridized carbons (Fsp3) is 0.143. The van der Waals surface area contributed by atoms with Crippen molar-refractivity contribution >= 4 is 21.8 Å². The molecule has 1 aromatic heterocycles. The van der Waals surface area contributed by atoms with Gasteiger partial charge in [-0.2, -0.15) is 0 Å². The lowest BCUT2D eigenvalue weighted by atomic mass is 10.2. The number of pyridine rings is 1. The van der Waals surface area contributed by atoms with Gasteiger partial charge in [-0.25, -0.2) is 0 Å². The van der Waals surface area contributed by atoms with Crippen LogP contribution in [0.15, 0.2) is 41.0 Å². The van der Waals surface area contributed by atoms with Crippen molar-refractivity contribution in [2.45, 2.75) is 6.92 Å². The second-order valence-corrected chi connectivity index (χ2v) is 4.82. The SMILES string of the molecule is CNC(=O)c1cc(Oc2ccc(Br)c(C)c2)ccn1. The molecule has 0 fully saturated rings. The number of aromatic nitrogens is 1. The van der Waals surface area contributed by atoms with Crippen LogP contribution in [0.4, 0.5) is 0 Å². The van der Waals surface area contributed by atoms with Crippen molar-refractivity contribution in [3.05, 3.63) is 52.3 Å². The normalized spacial score (nSPS) is 10.1. The number of carbonyl (C=O) groups is 1. The summed E-state index contributed by atoms with van der Waals surface area (Å²) in [5.41, 5.74) is 1.41. The van der Waals surface area contributed by atoms with E-state index in [2.05, 4.69) is 26.2 Å². The van der Waals surface area contributed by atoms with Gasteiger partial charge in [0.25, 0.3) is 5.91 Å². The van der Waals surface area contributed by atoms with Crippen LogP contribution in [0.3, 0.4) is 0 Å². The zero-order valence-corrected chi connectivity index (χ0v) is 12.2. The van der Waals surface area contributed by atoms with Crippen molar-refractivity contribution < 1.29 is 9.53 Å². The molecule has 2 rings (SSSR count). The average molecular weight is 321 g/mol. The minimum absolute atomic E-state index is 0.238. The molecule has 1 heterocycles. The molecule has 98 valence electrons. The lowest BCUT2D eigenvalue weighted by Gasteiger charge is -2.08. The summed E-state index contributed by atoms with van der Waals surface area (Å²) in [6.45, 7) is 1.99. The third-order valence-corrected chi connectivity index (χ3v) is 3.45. The van der Waals surface area contributed by atoms with Crippen molar-refractivity contribution in [2.24, 2.45) is 0 Å². The molecule has 0 unspecified atom stereocenters. The maximum atomic E-state index is 11.5. The van der Waals surface area contributed by atoms with E-state index in [1.807, 2.05) is 25.1 Å². The molecule has 4 nitrogen and oxygen atoms in total. The zero-order chi connectivity index (χ0) is 13.8. The van der Waals surface area contributed by atoms with Gasteiger partial charge >= 0.3 is 0 Å². The number of benzene rings is 1. The number of halogens is 1. The number of aryl methyl sites for hydroxylation is 1. The molecule has 0 radical (unpaired) electrons. The minimum Gasteiger partial charge on any atom is -0.457 e. The molecule has 0 saturated carbocycles. The molecule has 0 aliphatic rings. The first-order chi connectivity index (χ1) is 9.10.